The van der Waals surface area contributed by atoms with Crippen molar-refractivity contribution in [3.05, 3.63) is 58.8 Å². The third kappa shape index (κ3) is 4.33. The van der Waals surface area contributed by atoms with Crippen LogP contribution in [0.5, 0.6) is 0 Å². The fourth-order valence-electron chi connectivity index (χ4n) is 2.49. The molecule has 0 radical (unpaired) electrons. The van der Waals surface area contributed by atoms with Crippen LogP contribution in [-0.2, 0) is 22.3 Å². The summed E-state index contributed by atoms with van der Waals surface area (Å²) < 4.78 is 32.0. The lowest BCUT2D eigenvalue weighted by molar-refractivity contribution is 0.321. The number of nitrogens with zero attached hydrogens (tertiary/aromatic N) is 3. The first-order chi connectivity index (χ1) is 12.0. The molecule has 8 heteroatoms. The highest BCUT2D eigenvalue weighted by molar-refractivity contribution is 7.88. The average Bonchev–Trinajstić information content (AvgIpc) is 3.23. The van der Waals surface area contributed by atoms with Crippen molar-refractivity contribution in [3.8, 4) is 10.7 Å². The quantitative estimate of drug-likeness (QED) is 0.630. The maximum absolute atomic E-state index is 12.7. The Bertz CT molecular complexity index is 934. The molecule has 2 heterocycles. The number of aromatic nitrogens is 2. The van der Waals surface area contributed by atoms with Gasteiger partial charge in [-0.3, -0.25) is 0 Å². The van der Waals surface area contributed by atoms with Gasteiger partial charge >= 0.3 is 0 Å². The van der Waals surface area contributed by atoms with Crippen molar-refractivity contribution in [2.24, 2.45) is 0 Å². The number of rotatable bonds is 7. The van der Waals surface area contributed by atoms with Gasteiger partial charge in [0, 0.05) is 6.54 Å². The lowest BCUT2D eigenvalue weighted by Gasteiger charge is -2.18. The summed E-state index contributed by atoms with van der Waals surface area (Å²) in [6, 6.07) is 11.3. The molecule has 0 aliphatic rings. The Hall–Kier alpha value is -2.03. The third-order valence-corrected chi connectivity index (χ3v) is 6.44. The van der Waals surface area contributed by atoms with Gasteiger partial charge in [0.2, 0.25) is 21.7 Å². The maximum Gasteiger partial charge on any atom is 0.242 e. The summed E-state index contributed by atoms with van der Waals surface area (Å²) in [5.41, 5.74) is 1.80. The number of aryl methyl sites for hydroxylation is 1. The fraction of sp³-hybridized carbons (Fsp3) is 0.294. The number of hydrogen-bond acceptors (Lipinski definition) is 6. The molecule has 0 fully saturated rings. The highest BCUT2D eigenvalue weighted by Crippen LogP contribution is 2.22. The minimum atomic E-state index is -3.48. The predicted molar refractivity (Wildman–Crippen MR) is 97.5 cm³/mol. The summed E-state index contributed by atoms with van der Waals surface area (Å²) in [5, 5.41) is 5.85. The second kappa shape index (κ2) is 7.47. The van der Waals surface area contributed by atoms with Crippen molar-refractivity contribution in [1.82, 2.24) is 14.4 Å². The van der Waals surface area contributed by atoms with Crippen molar-refractivity contribution in [2.75, 3.05) is 6.54 Å². The summed E-state index contributed by atoms with van der Waals surface area (Å²) in [7, 11) is -3.48. The van der Waals surface area contributed by atoms with E-state index in [4.69, 9.17) is 4.52 Å². The van der Waals surface area contributed by atoms with E-state index in [-0.39, 0.29) is 18.2 Å². The zero-order valence-electron chi connectivity index (χ0n) is 14.0. The van der Waals surface area contributed by atoms with E-state index in [1.165, 1.54) is 15.6 Å². The zero-order valence-corrected chi connectivity index (χ0v) is 15.7. The van der Waals surface area contributed by atoms with Gasteiger partial charge in [-0.15, -0.1) is 11.3 Å². The first kappa shape index (κ1) is 17.8. The van der Waals surface area contributed by atoms with E-state index in [0.29, 0.717) is 12.4 Å². The van der Waals surface area contributed by atoms with Crippen LogP contribution in [0.1, 0.15) is 23.9 Å². The monoisotopic (exact) mass is 377 g/mol. The molecular weight excluding hydrogens is 358 g/mol. The molecule has 2 aromatic heterocycles. The van der Waals surface area contributed by atoms with Gasteiger partial charge in [-0.25, -0.2) is 8.42 Å². The molecule has 3 rings (SSSR count). The molecule has 3 aromatic rings. The summed E-state index contributed by atoms with van der Waals surface area (Å²) in [4.78, 5) is 5.19. The van der Waals surface area contributed by atoms with E-state index in [0.717, 1.165) is 16.0 Å². The van der Waals surface area contributed by atoms with Crippen molar-refractivity contribution in [2.45, 2.75) is 26.1 Å². The summed E-state index contributed by atoms with van der Waals surface area (Å²) in [5.74, 6) is 0.726. The van der Waals surface area contributed by atoms with Crippen LogP contribution < -0.4 is 0 Å². The topological polar surface area (TPSA) is 76.3 Å². The predicted octanol–water partition coefficient (Wildman–Crippen LogP) is 3.46. The molecule has 0 spiro atoms. The molecule has 0 unspecified atom stereocenters. The van der Waals surface area contributed by atoms with Crippen LogP contribution in [0, 0.1) is 6.92 Å². The van der Waals surface area contributed by atoms with E-state index in [9.17, 15) is 8.42 Å². The molecule has 25 heavy (non-hydrogen) atoms. The van der Waals surface area contributed by atoms with Crippen LogP contribution in [0.3, 0.4) is 0 Å². The molecule has 0 saturated heterocycles. The molecule has 0 aliphatic carbocycles. The Kier molecular flexibility index (Phi) is 5.31. The van der Waals surface area contributed by atoms with E-state index in [2.05, 4.69) is 10.1 Å². The molecule has 0 N–H and O–H groups in total. The van der Waals surface area contributed by atoms with Crippen molar-refractivity contribution >= 4 is 21.4 Å². The van der Waals surface area contributed by atoms with Gasteiger partial charge in [-0.05, 0) is 23.9 Å². The standard InChI is InChI=1S/C17H19N3O3S2/c1-3-20(25(21,22)12-14-7-4-6-13(2)10-14)11-16-18-17(19-23-16)15-8-5-9-24-15/h4-10H,3,11-12H2,1-2H3. The van der Waals surface area contributed by atoms with Gasteiger partial charge in [0.15, 0.2) is 0 Å². The van der Waals surface area contributed by atoms with E-state index in [1.807, 2.05) is 48.7 Å². The van der Waals surface area contributed by atoms with Gasteiger partial charge in [0.25, 0.3) is 0 Å². The van der Waals surface area contributed by atoms with Crippen LogP contribution in [0.15, 0.2) is 46.3 Å². The van der Waals surface area contributed by atoms with Gasteiger partial charge in [0.05, 0.1) is 17.2 Å². The Morgan fingerprint density at radius 3 is 2.76 bits per heavy atom. The molecule has 1 aromatic carbocycles. The van der Waals surface area contributed by atoms with Crippen molar-refractivity contribution < 1.29 is 12.9 Å². The van der Waals surface area contributed by atoms with Gasteiger partial charge < -0.3 is 4.52 Å². The molecule has 0 saturated carbocycles. The van der Waals surface area contributed by atoms with Crippen LogP contribution in [0.2, 0.25) is 0 Å². The van der Waals surface area contributed by atoms with Crippen LogP contribution in [0.4, 0.5) is 0 Å². The van der Waals surface area contributed by atoms with Gasteiger partial charge in [0.1, 0.15) is 0 Å². The second-order valence-electron chi connectivity index (χ2n) is 5.66. The molecule has 0 atom stereocenters. The summed E-state index contributed by atoms with van der Waals surface area (Å²) in [6.45, 7) is 4.15. The minimum Gasteiger partial charge on any atom is -0.337 e. The first-order valence-electron chi connectivity index (χ1n) is 7.88. The minimum absolute atomic E-state index is 0.0472. The zero-order chi connectivity index (χ0) is 17.9. The first-order valence-corrected chi connectivity index (χ1v) is 10.4. The fourth-order valence-corrected chi connectivity index (χ4v) is 4.62. The third-order valence-electron chi connectivity index (χ3n) is 3.70. The highest BCUT2D eigenvalue weighted by Gasteiger charge is 2.24. The second-order valence-corrected chi connectivity index (χ2v) is 8.58. The average molecular weight is 377 g/mol. The Balaban J connectivity index is 1.75. The summed E-state index contributed by atoms with van der Waals surface area (Å²) >= 11 is 1.51. The molecule has 132 valence electrons. The van der Waals surface area contributed by atoms with E-state index in [1.54, 1.807) is 6.92 Å². The molecule has 0 bridgehead atoms. The Labute approximate surface area is 151 Å². The van der Waals surface area contributed by atoms with E-state index < -0.39 is 10.0 Å². The van der Waals surface area contributed by atoms with Crippen molar-refractivity contribution in [3.63, 3.8) is 0 Å². The van der Waals surface area contributed by atoms with E-state index >= 15 is 0 Å². The SMILES string of the molecule is CCN(Cc1nc(-c2cccs2)no1)S(=O)(=O)Cc1cccc(C)c1. The number of sulfonamides is 1. The Morgan fingerprint density at radius 1 is 1.24 bits per heavy atom. The summed E-state index contributed by atoms with van der Waals surface area (Å²) in [6.07, 6.45) is 0. The Morgan fingerprint density at radius 2 is 2.08 bits per heavy atom. The van der Waals surface area contributed by atoms with Gasteiger partial charge in [-0.1, -0.05) is 48.0 Å². The molecule has 6 nitrogen and oxygen atoms in total. The number of thiophene rings is 1. The maximum atomic E-state index is 12.7. The smallest absolute Gasteiger partial charge is 0.242 e. The molecular formula is C17H19N3O3S2. The van der Waals surface area contributed by atoms with Crippen LogP contribution in [0.25, 0.3) is 10.7 Å². The van der Waals surface area contributed by atoms with Crippen LogP contribution >= 0.6 is 11.3 Å². The van der Waals surface area contributed by atoms with Gasteiger partial charge in [-0.2, -0.15) is 9.29 Å². The number of hydrogen-bond donors (Lipinski definition) is 0. The highest BCUT2D eigenvalue weighted by atomic mass is 32.2. The number of benzene rings is 1. The molecule has 0 aliphatic heterocycles. The van der Waals surface area contributed by atoms with Crippen molar-refractivity contribution in [1.29, 1.82) is 0 Å². The normalized spacial score (nSPS) is 12.0. The lowest BCUT2D eigenvalue weighted by Crippen LogP contribution is -2.31. The molecule has 0 amide bonds. The lowest BCUT2D eigenvalue weighted by atomic mass is 10.2. The largest absolute Gasteiger partial charge is 0.337 e. The van der Waals surface area contributed by atoms with Crippen LogP contribution in [-0.4, -0.2) is 29.4 Å².